The van der Waals surface area contributed by atoms with Crippen LogP contribution in [0.1, 0.15) is 19.3 Å². The van der Waals surface area contributed by atoms with Gasteiger partial charge in [-0.05, 0) is 50.9 Å². The van der Waals surface area contributed by atoms with Crippen molar-refractivity contribution >= 4 is 30.1 Å². The van der Waals surface area contributed by atoms with Gasteiger partial charge in [-0.1, -0.05) is 18.2 Å². The Morgan fingerprint density at radius 1 is 1.29 bits per heavy atom. The lowest BCUT2D eigenvalue weighted by atomic mass is 9.93. The topological polar surface area (TPSA) is 32.3 Å². The molecular weight excluding hydrogens is 304 g/mol. The van der Waals surface area contributed by atoms with Crippen LogP contribution in [0.15, 0.2) is 35.2 Å². The van der Waals surface area contributed by atoms with Crippen molar-refractivity contribution in [1.29, 1.82) is 0 Å². The number of halogens is 1. The molecule has 1 saturated heterocycles. The minimum absolute atomic E-state index is 0. The smallest absolute Gasteiger partial charge is 0.232 e. The number of rotatable bonds is 6. The molecule has 3 nitrogen and oxygen atoms in total. The van der Waals surface area contributed by atoms with E-state index in [-0.39, 0.29) is 18.3 Å². The fraction of sp³-hybridized carbons (Fsp3) is 0.562. The average molecular weight is 329 g/mol. The first kappa shape index (κ1) is 18.3. The zero-order valence-electron chi connectivity index (χ0n) is 12.6. The number of thioether (sulfide) groups is 1. The highest BCUT2D eigenvalue weighted by atomic mass is 35.5. The van der Waals surface area contributed by atoms with E-state index in [1.54, 1.807) is 11.8 Å². The third kappa shape index (κ3) is 6.29. The predicted octanol–water partition coefficient (Wildman–Crippen LogP) is 3.05. The van der Waals surface area contributed by atoms with Crippen molar-refractivity contribution in [2.24, 2.45) is 5.92 Å². The van der Waals surface area contributed by atoms with Crippen LogP contribution in [-0.2, 0) is 4.79 Å². The summed E-state index contributed by atoms with van der Waals surface area (Å²) >= 11 is 1.64. The van der Waals surface area contributed by atoms with Crippen molar-refractivity contribution in [2.75, 3.05) is 32.4 Å². The van der Waals surface area contributed by atoms with Crippen LogP contribution in [0.25, 0.3) is 0 Å². The zero-order chi connectivity index (χ0) is 14.2. The van der Waals surface area contributed by atoms with E-state index in [9.17, 15) is 4.79 Å². The van der Waals surface area contributed by atoms with Gasteiger partial charge >= 0.3 is 0 Å². The normalized spacial score (nSPS) is 15.6. The third-order valence-corrected chi connectivity index (χ3v) is 4.87. The van der Waals surface area contributed by atoms with E-state index in [0.29, 0.717) is 5.75 Å². The molecule has 1 aromatic rings. The molecule has 118 valence electrons. The number of hydrogen-bond acceptors (Lipinski definition) is 3. The van der Waals surface area contributed by atoms with Crippen molar-refractivity contribution < 1.29 is 4.79 Å². The summed E-state index contributed by atoms with van der Waals surface area (Å²) < 4.78 is 0. The maximum atomic E-state index is 12.2. The molecule has 1 aliphatic rings. The summed E-state index contributed by atoms with van der Waals surface area (Å²) in [5.41, 5.74) is 0. The van der Waals surface area contributed by atoms with Gasteiger partial charge in [-0.2, -0.15) is 0 Å². The van der Waals surface area contributed by atoms with Crippen LogP contribution >= 0.6 is 24.2 Å². The van der Waals surface area contributed by atoms with Crippen molar-refractivity contribution in [3.63, 3.8) is 0 Å². The van der Waals surface area contributed by atoms with Crippen LogP contribution in [0, 0.1) is 5.92 Å². The molecule has 0 aliphatic carbocycles. The summed E-state index contributed by atoms with van der Waals surface area (Å²) in [5.74, 6) is 1.63. The molecule has 0 atom stereocenters. The van der Waals surface area contributed by atoms with Crippen LogP contribution in [-0.4, -0.2) is 43.2 Å². The van der Waals surface area contributed by atoms with E-state index in [0.717, 1.165) is 38.4 Å². The van der Waals surface area contributed by atoms with E-state index >= 15 is 0 Å². The van der Waals surface area contributed by atoms with Crippen molar-refractivity contribution in [3.05, 3.63) is 30.3 Å². The second kappa shape index (κ2) is 10.1. The van der Waals surface area contributed by atoms with Crippen molar-refractivity contribution in [2.45, 2.75) is 24.2 Å². The van der Waals surface area contributed by atoms with Gasteiger partial charge in [0.15, 0.2) is 0 Å². The molecule has 1 fully saturated rings. The lowest BCUT2D eigenvalue weighted by Gasteiger charge is -2.32. The van der Waals surface area contributed by atoms with Crippen LogP contribution in [0.4, 0.5) is 0 Å². The summed E-state index contributed by atoms with van der Waals surface area (Å²) in [4.78, 5) is 15.4. The second-order valence-electron chi connectivity index (χ2n) is 5.32. The lowest BCUT2D eigenvalue weighted by molar-refractivity contribution is -0.129. The van der Waals surface area contributed by atoms with E-state index in [1.807, 2.05) is 30.1 Å². The monoisotopic (exact) mass is 328 g/mol. The molecule has 1 heterocycles. The van der Waals surface area contributed by atoms with Crippen LogP contribution < -0.4 is 5.32 Å². The maximum absolute atomic E-state index is 12.2. The number of nitrogens with zero attached hydrogens (tertiary/aromatic N) is 1. The van der Waals surface area contributed by atoms with E-state index in [2.05, 4.69) is 17.4 Å². The molecule has 21 heavy (non-hydrogen) atoms. The Morgan fingerprint density at radius 3 is 2.57 bits per heavy atom. The standard InChI is InChI=1S/C16H24N2OS.ClH/c1-17-10-7-14-8-11-18(12-9-14)16(19)13-20-15-5-3-2-4-6-15;/h2-6,14,17H,7-13H2,1H3;1H. The van der Waals surface area contributed by atoms with Gasteiger partial charge in [0.1, 0.15) is 0 Å². The summed E-state index contributed by atoms with van der Waals surface area (Å²) in [6.45, 7) is 2.95. The Labute approximate surface area is 138 Å². The van der Waals surface area contributed by atoms with E-state index < -0.39 is 0 Å². The summed E-state index contributed by atoms with van der Waals surface area (Å²) in [6, 6.07) is 10.1. The Bertz CT molecular complexity index is 408. The molecule has 0 aromatic heterocycles. The summed E-state index contributed by atoms with van der Waals surface area (Å²) in [7, 11) is 2.00. The molecule has 2 rings (SSSR count). The fourth-order valence-corrected chi connectivity index (χ4v) is 3.39. The second-order valence-corrected chi connectivity index (χ2v) is 6.37. The Morgan fingerprint density at radius 2 is 1.95 bits per heavy atom. The van der Waals surface area contributed by atoms with Crippen molar-refractivity contribution in [3.8, 4) is 0 Å². The molecule has 0 bridgehead atoms. The SMILES string of the molecule is CNCCC1CCN(C(=O)CSc2ccccc2)CC1.Cl. The summed E-state index contributed by atoms with van der Waals surface area (Å²) in [5, 5.41) is 3.20. The largest absolute Gasteiger partial charge is 0.342 e. The van der Waals surface area contributed by atoms with Gasteiger partial charge in [-0.25, -0.2) is 0 Å². The first-order chi connectivity index (χ1) is 9.79. The highest BCUT2D eigenvalue weighted by Crippen LogP contribution is 2.22. The number of carbonyl (C=O) groups is 1. The first-order valence-electron chi connectivity index (χ1n) is 7.40. The number of likely N-dealkylation sites (tertiary alicyclic amines) is 1. The molecule has 1 amide bonds. The maximum Gasteiger partial charge on any atom is 0.232 e. The molecule has 0 unspecified atom stereocenters. The zero-order valence-corrected chi connectivity index (χ0v) is 14.2. The fourth-order valence-electron chi connectivity index (χ4n) is 2.57. The van der Waals surface area contributed by atoms with Gasteiger partial charge in [0.05, 0.1) is 5.75 Å². The summed E-state index contributed by atoms with van der Waals surface area (Å²) in [6.07, 6.45) is 3.55. The minimum atomic E-state index is 0. The number of benzene rings is 1. The molecule has 0 radical (unpaired) electrons. The minimum Gasteiger partial charge on any atom is -0.342 e. The quantitative estimate of drug-likeness (QED) is 0.815. The van der Waals surface area contributed by atoms with Gasteiger partial charge in [0.2, 0.25) is 5.91 Å². The van der Waals surface area contributed by atoms with Gasteiger partial charge in [-0.3, -0.25) is 4.79 Å². The first-order valence-corrected chi connectivity index (χ1v) is 8.38. The molecular formula is C16H25ClN2OS. The van der Waals surface area contributed by atoms with E-state index in [4.69, 9.17) is 0 Å². The number of hydrogen-bond donors (Lipinski definition) is 1. The van der Waals surface area contributed by atoms with Crippen molar-refractivity contribution in [1.82, 2.24) is 10.2 Å². The Balaban J connectivity index is 0.00000220. The van der Waals surface area contributed by atoms with Gasteiger partial charge in [0.25, 0.3) is 0 Å². The Kier molecular flexibility index (Phi) is 8.81. The number of piperidine rings is 1. The molecule has 0 spiro atoms. The van der Waals surface area contributed by atoms with Gasteiger partial charge in [0, 0.05) is 18.0 Å². The lowest BCUT2D eigenvalue weighted by Crippen LogP contribution is -2.39. The molecule has 1 aromatic carbocycles. The highest BCUT2D eigenvalue weighted by Gasteiger charge is 2.22. The average Bonchev–Trinajstić information content (AvgIpc) is 2.52. The molecule has 0 saturated carbocycles. The van der Waals surface area contributed by atoms with Crippen LogP contribution in [0.5, 0.6) is 0 Å². The van der Waals surface area contributed by atoms with Gasteiger partial charge < -0.3 is 10.2 Å². The number of carbonyl (C=O) groups excluding carboxylic acids is 1. The molecule has 1 N–H and O–H groups in total. The Hall–Kier alpha value is -0.710. The van der Waals surface area contributed by atoms with Crippen LogP contribution in [0.3, 0.4) is 0 Å². The highest BCUT2D eigenvalue weighted by molar-refractivity contribution is 8.00. The molecule has 1 aliphatic heterocycles. The molecule has 5 heteroatoms. The number of amides is 1. The number of nitrogens with one attached hydrogen (secondary N) is 1. The van der Waals surface area contributed by atoms with Crippen LogP contribution in [0.2, 0.25) is 0 Å². The van der Waals surface area contributed by atoms with E-state index in [1.165, 1.54) is 11.3 Å². The third-order valence-electron chi connectivity index (χ3n) is 3.88. The predicted molar refractivity (Wildman–Crippen MR) is 92.3 cm³/mol. The van der Waals surface area contributed by atoms with Gasteiger partial charge in [-0.15, -0.1) is 24.2 Å².